The largest absolute Gasteiger partial charge is 0.380 e. The SMILES string of the molecule is CC(C)CCOCCNc1cccc2nccn12. The molecule has 1 N–H and O–H groups in total. The highest BCUT2D eigenvalue weighted by molar-refractivity contribution is 5.49. The number of nitrogens with one attached hydrogen (secondary N) is 1. The summed E-state index contributed by atoms with van der Waals surface area (Å²) in [6.07, 6.45) is 4.88. The quantitative estimate of drug-likeness (QED) is 0.765. The minimum Gasteiger partial charge on any atom is -0.380 e. The van der Waals surface area contributed by atoms with Gasteiger partial charge in [0.15, 0.2) is 0 Å². The van der Waals surface area contributed by atoms with E-state index in [1.54, 1.807) is 6.20 Å². The van der Waals surface area contributed by atoms with Crippen LogP contribution in [-0.2, 0) is 4.74 Å². The lowest BCUT2D eigenvalue weighted by Crippen LogP contribution is -2.12. The number of hydrogen-bond acceptors (Lipinski definition) is 3. The van der Waals surface area contributed by atoms with Gasteiger partial charge >= 0.3 is 0 Å². The highest BCUT2D eigenvalue weighted by Gasteiger charge is 1.99. The van der Waals surface area contributed by atoms with Crippen LogP contribution < -0.4 is 5.32 Å². The van der Waals surface area contributed by atoms with Crippen LogP contribution in [0.15, 0.2) is 30.6 Å². The molecular weight excluding hydrogens is 226 g/mol. The Morgan fingerprint density at radius 3 is 3.06 bits per heavy atom. The summed E-state index contributed by atoms with van der Waals surface area (Å²) < 4.78 is 7.61. The molecule has 0 saturated heterocycles. The second-order valence-electron chi connectivity index (χ2n) is 4.79. The molecule has 0 atom stereocenters. The van der Waals surface area contributed by atoms with Crippen LogP contribution in [0, 0.1) is 5.92 Å². The highest BCUT2D eigenvalue weighted by Crippen LogP contribution is 2.10. The third-order valence-corrected chi connectivity index (χ3v) is 2.82. The van der Waals surface area contributed by atoms with E-state index in [-0.39, 0.29) is 0 Å². The van der Waals surface area contributed by atoms with Gasteiger partial charge < -0.3 is 10.1 Å². The van der Waals surface area contributed by atoms with E-state index in [9.17, 15) is 0 Å². The maximum atomic E-state index is 5.57. The van der Waals surface area contributed by atoms with Crippen LogP contribution in [0.1, 0.15) is 20.3 Å². The van der Waals surface area contributed by atoms with Crippen molar-refractivity contribution < 1.29 is 4.74 Å². The van der Waals surface area contributed by atoms with E-state index >= 15 is 0 Å². The van der Waals surface area contributed by atoms with Gasteiger partial charge in [0.05, 0.1) is 6.61 Å². The van der Waals surface area contributed by atoms with Gasteiger partial charge in [0.25, 0.3) is 0 Å². The molecule has 18 heavy (non-hydrogen) atoms. The van der Waals surface area contributed by atoms with Gasteiger partial charge in [0.2, 0.25) is 0 Å². The van der Waals surface area contributed by atoms with Gasteiger partial charge in [-0.2, -0.15) is 0 Å². The lowest BCUT2D eigenvalue weighted by molar-refractivity contribution is 0.132. The fourth-order valence-corrected chi connectivity index (χ4v) is 1.76. The molecule has 98 valence electrons. The standard InChI is InChI=1S/C14H21N3O/c1-12(2)6-10-18-11-8-16-14-5-3-4-13-15-7-9-17(13)14/h3-5,7,9,12,16H,6,8,10-11H2,1-2H3. The second kappa shape index (κ2) is 6.40. The van der Waals surface area contributed by atoms with Crippen molar-refractivity contribution in [2.24, 2.45) is 5.92 Å². The van der Waals surface area contributed by atoms with Crippen LogP contribution in [0.4, 0.5) is 5.82 Å². The molecule has 0 fully saturated rings. The van der Waals surface area contributed by atoms with Crippen LogP contribution in [0.3, 0.4) is 0 Å². The summed E-state index contributed by atoms with van der Waals surface area (Å²) in [6.45, 7) is 6.81. The monoisotopic (exact) mass is 247 g/mol. The van der Waals surface area contributed by atoms with Crippen molar-refractivity contribution in [1.82, 2.24) is 9.38 Å². The summed E-state index contributed by atoms with van der Waals surface area (Å²) in [4.78, 5) is 4.25. The van der Waals surface area contributed by atoms with Crippen LogP contribution in [0.2, 0.25) is 0 Å². The normalized spacial score (nSPS) is 11.3. The Balaban J connectivity index is 1.75. The molecule has 4 nitrogen and oxygen atoms in total. The Kier molecular flexibility index (Phi) is 4.59. The first-order chi connectivity index (χ1) is 8.77. The molecule has 0 unspecified atom stereocenters. The topological polar surface area (TPSA) is 38.6 Å². The molecule has 0 bridgehead atoms. The number of fused-ring (bicyclic) bond motifs is 1. The number of ether oxygens (including phenoxy) is 1. The number of aromatic nitrogens is 2. The van der Waals surface area contributed by atoms with Crippen molar-refractivity contribution in [3.63, 3.8) is 0 Å². The molecule has 0 saturated carbocycles. The lowest BCUT2D eigenvalue weighted by atomic mass is 10.1. The van der Waals surface area contributed by atoms with E-state index in [1.807, 2.05) is 28.8 Å². The highest BCUT2D eigenvalue weighted by atomic mass is 16.5. The molecule has 0 amide bonds. The van der Waals surface area contributed by atoms with Gasteiger partial charge in [-0.25, -0.2) is 4.98 Å². The zero-order valence-corrected chi connectivity index (χ0v) is 11.1. The summed E-state index contributed by atoms with van der Waals surface area (Å²) in [5, 5.41) is 3.36. The lowest BCUT2D eigenvalue weighted by Gasteiger charge is -2.10. The molecule has 0 aliphatic heterocycles. The first-order valence-corrected chi connectivity index (χ1v) is 6.51. The molecule has 2 rings (SSSR count). The van der Waals surface area contributed by atoms with Crippen LogP contribution >= 0.6 is 0 Å². The number of pyridine rings is 1. The molecule has 0 radical (unpaired) electrons. The number of rotatable bonds is 7. The minimum atomic E-state index is 0.706. The predicted octanol–water partition coefficient (Wildman–Crippen LogP) is 2.81. The van der Waals surface area contributed by atoms with Gasteiger partial charge in [-0.1, -0.05) is 19.9 Å². The van der Waals surface area contributed by atoms with Crippen molar-refractivity contribution in [2.45, 2.75) is 20.3 Å². The first kappa shape index (κ1) is 12.9. The van der Waals surface area contributed by atoms with E-state index in [2.05, 4.69) is 24.1 Å². The zero-order chi connectivity index (χ0) is 12.8. The van der Waals surface area contributed by atoms with E-state index in [1.165, 1.54) is 0 Å². The molecular formula is C14H21N3O. The second-order valence-corrected chi connectivity index (χ2v) is 4.79. The average molecular weight is 247 g/mol. The number of hydrogen-bond donors (Lipinski definition) is 1. The maximum absolute atomic E-state index is 5.57. The third kappa shape index (κ3) is 3.47. The molecule has 2 aromatic heterocycles. The van der Waals surface area contributed by atoms with Crippen molar-refractivity contribution in [1.29, 1.82) is 0 Å². The smallest absolute Gasteiger partial charge is 0.138 e. The molecule has 0 aliphatic rings. The molecule has 2 heterocycles. The summed E-state index contributed by atoms with van der Waals surface area (Å²) in [5.41, 5.74) is 0.959. The van der Waals surface area contributed by atoms with E-state index < -0.39 is 0 Å². The fourth-order valence-electron chi connectivity index (χ4n) is 1.76. The summed E-state index contributed by atoms with van der Waals surface area (Å²) in [6, 6.07) is 6.04. The number of nitrogens with zero attached hydrogens (tertiary/aromatic N) is 2. The van der Waals surface area contributed by atoms with Gasteiger partial charge in [-0.3, -0.25) is 4.40 Å². The Labute approximate surface area is 108 Å². The van der Waals surface area contributed by atoms with E-state index in [0.717, 1.165) is 37.6 Å². The summed E-state index contributed by atoms with van der Waals surface area (Å²) in [7, 11) is 0. The van der Waals surface area contributed by atoms with Crippen molar-refractivity contribution in [2.75, 3.05) is 25.1 Å². The zero-order valence-electron chi connectivity index (χ0n) is 11.1. The molecule has 2 aromatic rings. The van der Waals surface area contributed by atoms with E-state index in [4.69, 9.17) is 4.74 Å². The Morgan fingerprint density at radius 1 is 1.33 bits per heavy atom. The summed E-state index contributed by atoms with van der Waals surface area (Å²) >= 11 is 0. The Morgan fingerprint density at radius 2 is 2.22 bits per heavy atom. The fraction of sp³-hybridized carbons (Fsp3) is 0.500. The minimum absolute atomic E-state index is 0.706. The van der Waals surface area contributed by atoms with Crippen LogP contribution in [0.5, 0.6) is 0 Å². The number of anilines is 1. The van der Waals surface area contributed by atoms with Gasteiger partial charge in [0, 0.05) is 25.5 Å². The summed E-state index contributed by atoms with van der Waals surface area (Å²) in [5.74, 6) is 1.76. The molecule has 0 aliphatic carbocycles. The molecule has 0 aromatic carbocycles. The Hall–Kier alpha value is -1.55. The van der Waals surface area contributed by atoms with Crippen LogP contribution in [-0.4, -0.2) is 29.1 Å². The maximum Gasteiger partial charge on any atom is 0.138 e. The van der Waals surface area contributed by atoms with Gasteiger partial charge in [0.1, 0.15) is 11.5 Å². The molecule has 4 heteroatoms. The van der Waals surface area contributed by atoms with Crippen molar-refractivity contribution in [3.8, 4) is 0 Å². The third-order valence-electron chi connectivity index (χ3n) is 2.82. The number of imidazole rings is 1. The van der Waals surface area contributed by atoms with Crippen molar-refractivity contribution >= 4 is 11.5 Å². The Bertz CT molecular complexity index is 479. The van der Waals surface area contributed by atoms with Gasteiger partial charge in [-0.05, 0) is 24.5 Å². The van der Waals surface area contributed by atoms with Gasteiger partial charge in [-0.15, -0.1) is 0 Å². The van der Waals surface area contributed by atoms with E-state index in [0.29, 0.717) is 5.92 Å². The average Bonchev–Trinajstić information content (AvgIpc) is 2.82. The predicted molar refractivity (Wildman–Crippen MR) is 74.0 cm³/mol. The van der Waals surface area contributed by atoms with Crippen molar-refractivity contribution in [3.05, 3.63) is 30.6 Å². The van der Waals surface area contributed by atoms with Crippen LogP contribution in [0.25, 0.3) is 5.65 Å². The first-order valence-electron chi connectivity index (χ1n) is 6.51. The molecule has 0 spiro atoms.